The van der Waals surface area contributed by atoms with Crippen LogP contribution in [0.5, 0.6) is 0 Å². The molecule has 0 saturated carbocycles. The maximum absolute atomic E-state index is 12.7. The monoisotopic (exact) mass is 457 g/mol. The number of anilines is 2. The summed E-state index contributed by atoms with van der Waals surface area (Å²) >= 11 is 6.32. The Morgan fingerprint density at radius 2 is 1.81 bits per heavy atom. The Kier molecular flexibility index (Phi) is 5.45. The van der Waals surface area contributed by atoms with Crippen LogP contribution in [0.2, 0.25) is 5.15 Å². The van der Waals surface area contributed by atoms with Gasteiger partial charge in [0.25, 0.3) is 0 Å². The predicted molar refractivity (Wildman–Crippen MR) is 122 cm³/mol. The summed E-state index contributed by atoms with van der Waals surface area (Å²) < 4.78 is 28.8. The molecular weight excluding hydrogens is 434 g/mol. The number of fused-ring (bicyclic) bond motifs is 1. The van der Waals surface area contributed by atoms with Gasteiger partial charge in [-0.1, -0.05) is 17.7 Å². The summed E-state index contributed by atoms with van der Waals surface area (Å²) in [6.45, 7) is 1.18. The Balaban J connectivity index is 1.44. The largest absolute Gasteiger partial charge is 0.340 e. The van der Waals surface area contributed by atoms with E-state index in [0.29, 0.717) is 29.0 Å². The van der Waals surface area contributed by atoms with Crippen LogP contribution in [0.25, 0.3) is 11.2 Å². The van der Waals surface area contributed by atoms with Crippen LogP contribution in [0.15, 0.2) is 47.5 Å². The van der Waals surface area contributed by atoms with Crippen molar-refractivity contribution in [2.75, 3.05) is 18.4 Å². The third kappa shape index (κ3) is 3.95. The van der Waals surface area contributed by atoms with Crippen LogP contribution >= 0.6 is 11.6 Å². The van der Waals surface area contributed by atoms with Gasteiger partial charge in [0.1, 0.15) is 11.0 Å². The minimum absolute atomic E-state index is 0.309. The molecule has 0 bridgehead atoms. The van der Waals surface area contributed by atoms with E-state index in [9.17, 15) is 8.42 Å². The van der Waals surface area contributed by atoms with Gasteiger partial charge in [0, 0.05) is 30.4 Å². The van der Waals surface area contributed by atoms with Crippen molar-refractivity contribution in [3.05, 3.63) is 53.3 Å². The van der Waals surface area contributed by atoms with Gasteiger partial charge in [-0.3, -0.25) is 0 Å². The molecule has 1 N–H and O–H groups in total. The minimum atomic E-state index is -3.43. The Hall–Kier alpha value is -2.42. The highest BCUT2D eigenvalue weighted by molar-refractivity contribution is 7.89. The van der Waals surface area contributed by atoms with Gasteiger partial charge in [0.15, 0.2) is 5.65 Å². The van der Waals surface area contributed by atoms with Crippen molar-refractivity contribution < 1.29 is 8.42 Å². The van der Waals surface area contributed by atoms with Crippen molar-refractivity contribution in [3.8, 4) is 0 Å². The summed E-state index contributed by atoms with van der Waals surface area (Å²) in [6, 6.07) is 8.51. The molecule has 162 valence electrons. The molecule has 0 atom stereocenters. The standard InChI is InChI=1S/C22H24ClN5O2S/c23-20-14-21(28-22(26-20)19(15-24-28)16-6-2-1-3-7-16)25-17-8-10-18(11-9-17)31(29,30)27-12-4-5-13-27/h6,8-11,14-15,25H,1-5,7,12-13H2. The van der Waals surface area contributed by atoms with Crippen molar-refractivity contribution >= 4 is 44.3 Å². The van der Waals surface area contributed by atoms with Crippen LogP contribution in [0.1, 0.15) is 44.1 Å². The van der Waals surface area contributed by atoms with E-state index in [-0.39, 0.29) is 0 Å². The van der Waals surface area contributed by atoms with Gasteiger partial charge < -0.3 is 5.32 Å². The molecule has 5 rings (SSSR count). The fourth-order valence-electron chi connectivity index (χ4n) is 4.27. The van der Waals surface area contributed by atoms with E-state index in [0.717, 1.165) is 42.6 Å². The molecule has 9 heteroatoms. The number of hydrogen-bond acceptors (Lipinski definition) is 5. The predicted octanol–water partition coefficient (Wildman–Crippen LogP) is 4.87. The first-order valence-corrected chi connectivity index (χ1v) is 12.4. The van der Waals surface area contributed by atoms with Gasteiger partial charge in [-0.05, 0) is 68.4 Å². The first kappa shape index (κ1) is 20.5. The Morgan fingerprint density at radius 3 is 2.52 bits per heavy atom. The molecule has 2 aromatic heterocycles. The molecule has 1 aliphatic carbocycles. The van der Waals surface area contributed by atoms with Gasteiger partial charge in [-0.25, -0.2) is 13.4 Å². The highest BCUT2D eigenvalue weighted by Crippen LogP contribution is 2.31. The van der Waals surface area contributed by atoms with Crippen LogP contribution in [0.3, 0.4) is 0 Å². The zero-order valence-electron chi connectivity index (χ0n) is 17.1. The first-order chi connectivity index (χ1) is 15.0. The normalized spacial score (nSPS) is 17.8. The zero-order chi connectivity index (χ0) is 21.4. The van der Waals surface area contributed by atoms with Crippen molar-refractivity contribution in [2.24, 2.45) is 0 Å². The summed E-state index contributed by atoms with van der Waals surface area (Å²) in [7, 11) is -3.43. The number of halogens is 1. The molecule has 7 nitrogen and oxygen atoms in total. The molecule has 0 unspecified atom stereocenters. The van der Waals surface area contributed by atoms with Crippen LogP contribution in [0.4, 0.5) is 11.5 Å². The van der Waals surface area contributed by atoms with Crippen LogP contribution in [-0.2, 0) is 10.0 Å². The highest BCUT2D eigenvalue weighted by Gasteiger charge is 2.27. The highest BCUT2D eigenvalue weighted by atomic mass is 35.5. The number of nitrogens with one attached hydrogen (secondary N) is 1. The SMILES string of the molecule is O=S(=O)(c1ccc(Nc2cc(Cl)nc3c(C4=CCCCC4)cnn23)cc1)N1CCCC1. The molecular formula is C22H24ClN5O2S. The number of nitrogens with zero attached hydrogens (tertiary/aromatic N) is 4. The maximum Gasteiger partial charge on any atom is 0.243 e. The molecule has 0 amide bonds. The lowest BCUT2D eigenvalue weighted by Gasteiger charge is -2.16. The molecule has 3 aromatic rings. The fraction of sp³-hybridized carbons (Fsp3) is 0.364. The number of aromatic nitrogens is 3. The molecule has 1 fully saturated rings. The molecule has 2 aliphatic rings. The number of hydrogen-bond donors (Lipinski definition) is 1. The third-order valence-electron chi connectivity index (χ3n) is 5.91. The molecule has 1 aromatic carbocycles. The Bertz CT molecular complexity index is 1240. The lowest BCUT2D eigenvalue weighted by Crippen LogP contribution is -2.27. The number of rotatable bonds is 5. The lowest BCUT2D eigenvalue weighted by atomic mass is 9.95. The van der Waals surface area contributed by atoms with Crippen molar-refractivity contribution in [2.45, 2.75) is 43.4 Å². The van der Waals surface area contributed by atoms with Gasteiger partial charge in [-0.2, -0.15) is 13.9 Å². The van der Waals surface area contributed by atoms with Gasteiger partial charge in [0.2, 0.25) is 10.0 Å². The molecule has 0 radical (unpaired) electrons. The van der Waals surface area contributed by atoms with E-state index in [1.165, 1.54) is 18.4 Å². The topological polar surface area (TPSA) is 79.6 Å². The lowest BCUT2D eigenvalue weighted by molar-refractivity contribution is 0.477. The average molecular weight is 458 g/mol. The van der Waals surface area contributed by atoms with E-state index in [2.05, 4.69) is 21.5 Å². The summed E-state index contributed by atoms with van der Waals surface area (Å²) in [5.41, 5.74) is 3.74. The Labute approximate surface area is 186 Å². The minimum Gasteiger partial charge on any atom is -0.340 e. The van der Waals surface area contributed by atoms with E-state index in [4.69, 9.17) is 11.6 Å². The quantitative estimate of drug-likeness (QED) is 0.553. The molecule has 3 heterocycles. The summed E-state index contributed by atoms with van der Waals surface area (Å²) in [5.74, 6) is 0.674. The van der Waals surface area contributed by atoms with E-state index < -0.39 is 10.0 Å². The van der Waals surface area contributed by atoms with Crippen LogP contribution in [0, 0.1) is 0 Å². The fourth-order valence-corrected chi connectivity index (χ4v) is 5.97. The second-order valence-electron chi connectivity index (χ2n) is 7.99. The zero-order valence-corrected chi connectivity index (χ0v) is 18.7. The summed E-state index contributed by atoms with van der Waals surface area (Å²) in [4.78, 5) is 4.81. The second kappa shape index (κ2) is 8.26. The smallest absolute Gasteiger partial charge is 0.243 e. The summed E-state index contributed by atoms with van der Waals surface area (Å²) in [6.07, 6.45) is 10.4. The van der Waals surface area contributed by atoms with Gasteiger partial charge in [-0.15, -0.1) is 0 Å². The van der Waals surface area contributed by atoms with Crippen LogP contribution in [-0.4, -0.2) is 40.4 Å². The van der Waals surface area contributed by atoms with E-state index >= 15 is 0 Å². The molecule has 31 heavy (non-hydrogen) atoms. The van der Waals surface area contributed by atoms with Crippen molar-refractivity contribution in [1.29, 1.82) is 0 Å². The molecule has 1 saturated heterocycles. The van der Waals surface area contributed by atoms with E-state index in [1.54, 1.807) is 39.2 Å². The maximum atomic E-state index is 12.7. The van der Waals surface area contributed by atoms with Crippen molar-refractivity contribution in [1.82, 2.24) is 18.9 Å². The van der Waals surface area contributed by atoms with Crippen molar-refractivity contribution in [3.63, 3.8) is 0 Å². The Morgan fingerprint density at radius 1 is 1.03 bits per heavy atom. The molecule has 1 aliphatic heterocycles. The summed E-state index contributed by atoms with van der Waals surface area (Å²) in [5, 5.41) is 8.21. The van der Waals surface area contributed by atoms with Gasteiger partial charge in [0.05, 0.1) is 11.1 Å². The van der Waals surface area contributed by atoms with Crippen LogP contribution < -0.4 is 5.32 Å². The average Bonchev–Trinajstić information content (AvgIpc) is 3.45. The number of allylic oxidation sites excluding steroid dienone is 2. The third-order valence-corrected chi connectivity index (χ3v) is 8.01. The van der Waals surface area contributed by atoms with E-state index in [1.807, 2.05) is 6.20 Å². The first-order valence-electron chi connectivity index (χ1n) is 10.6. The second-order valence-corrected chi connectivity index (χ2v) is 10.3. The number of benzene rings is 1. The number of sulfonamides is 1. The van der Waals surface area contributed by atoms with Gasteiger partial charge >= 0.3 is 0 Å². The molecule has 0 spiro atoms.